The minimum absolute atomic E-state index is 0.152. The van der Waals surface area contributed by atoms with Crippen LogP contribution >= 0.6 is 0 Å². The molecule has 1 saturated heterocycles. The van der Waals surface area contributed by atoms with Crippen LogP contribution in [0.2, 0.25) is 0 Å². The molecule has 1 heterocycles. The Morgan fingerprint density at radius 2 is 1.67 bits per heavy atom. The molecule has 1 aliphatic carbocycles. The zero-order valence-corrected chi connectivity index (χ0v) is 12.9. The molecule has 1 saturated carbocycles. The maximum absolute atomic E-state index is 12.5. The molecule has 5 heteroatoms. The minimum Gasteiger partial charge on any atom is -0.480 e. The second-order valence-corrected chi connectivity index (χ2v) is 6.27. The smallest absolute Gasteiger partial charge is 0.326 e. The van der Waals surface area contributed by atoms with Crippen molar-refractivity contribution in [2.45, 2.75) is 83.0 Å². The van der Waals surface area contributed by atoms with E-state index >= 15 is 0 Å². The summed E-state index contributed by atoms with van der Waals surface area (Å²) in [6.45, 7) is 2.30. The fraction of sp³-hybridized carbons (Fsp3) is 0.875. The predicted molar refractivity (Wildman–Crippen MR) is 79.0 cm³/mol. The number of hydrogen-bond donors (Lipinski definition) is 1. The van der Waals surface area contributed by atoms with Gasteiger partial charge < -0.3 is 14.7 Å². The van der Waals surface area contributed by atoms with E-state index in [1.54, 1.807) is 6.92 Å². The third-order valence-corrected chi connectivity index (χ3v) is 4.62. The lowest BCUT2D eigenvalue weighted by molar-refractivity contribution is -0.159. The molecule has 1 aliphatic heterocycles. The molecule has 2 rings (SSSR count). The van der Waals surface area contributed by atoms with Crippen molar-refractivity contribution in [3.8, 4) is 0 Å². The van der Waals surface area contributed by atoms with Gasteiger partial charge in [0.2, 0.25) is 0 Å². The molecular weight excluding hydrogens is 270 g/mol. The molecule has 2 fully saturated rings. The number of ether oxygens (including phenoxy) is 1. The number of carboxylic acid groups (broad SMARTS) is 1. The largest absolute Gasteiger partial charge is 0.480 e. The van der Waals surface area contributed by atoms with Crippen LogP contribution in [0.25, 0.3) is 0 Å². The van der Waals surface area contributed by atoms with Crippen molar-refractivity contribution in [1.82, 2.24) is 4.90 Å². The zero-order valence-electron chi connectivity index (χ0n) is 12.9. The molecule has 21 heavy (non-hydrogen) atoms. The van der Waals surface area contributed by atoms with Gasteiger partial charge in [0.1, 0.15) is 12.1 Å². The van der Waals surface area contributed by atoms with E-state index in [2.05, 4.69) is 0 Å². The molecule has 0 spiro atoms. The van der Waals surface area contributed by atoms with Gasteiger partial charge in [-0.3, -0.25) is 4.79 Å². The maximum atomic E-state index is 12.5. The molecule has 0 aromatic rings. The van der Waals surface area contributed by atoms with Crippen molar-refractivity contribution in [2.75, 3.05) is 6.54 Å². The van der Waals surface area contributed by atoms with Gasteiger partial charge in [-0.1, -0.05) is 25.7 Å². The highest BCUT2D eigenvalue weighted by Gasteiger charge is 2.35. The third kappa shape index (κ3) is 4.43. The number of piperidine rings is 1. The lowest BCUT2D eigenvalue weighted by Gasteiger charge is -2.35. The van der Waals surface area contributed by atoms with Crippen LogP contribution in [0.3, 0.4) is 0 Å². The number of carbonyl (C=O) groups is 2. The zero-order chi connectivity index (χ0) is 15.2. The molecule has 120 valence electrons. The van der Waals surface area contributed by atoms with E-state index in [1.807, 2.05) is 0 Å². The van der Waals surface area contributed by atoms with Crippen molar-refractivity contribution in [3.63, 3.8) is 0 Å². The first kappa shape index (κ1) is 16.3. The van der Waals surface area contributed by atoms with Crippen LogP contribution in [0.4, 0.5) is 0 Å². The Morgan fingerprint density at radius 1 is 1.05 bits per heavy atom. The summed E-state index contributed by atoms with van der Waals surface area (Å²) in [6.07, 6.45) is 8.76. The lowest BCUT2D eigenvalue weighted by atomic mass is 10.0. The number of likely N-dealkylation sites (tertiary alicyclic amines) is 1. The van der Waals surface area contributed by atoms with Crippen LogP contribution in [0, 0.1) is 0 Å². The van der Waals surface area contributed by atoms with Crippen molar-refractivity contribution < 1.29 is 19.4 Å². The van der Waals surface area contributed by atoms with Crippen molar-refractivity contribution in [2.24, 2.45) is 0 Å². The summed E-state index contributed by atoms with van der Waals surface area (Å²) in [5.74, 6) is -1.06. The van der Waals surface area contributed by atoms with E-state index in [0.29, 0.717) is 13.0 Å². The van der Waals surface area contributed by atoms with Crippen molar-refractivity contribution in [1.29, 1.82) is 0 Å². The van der Waals surface area contributed by atoms with Crippen LogP contribution in [0.5, 0.6) is 0 Å². The molecule has 0 bridgehead atoms. The van der Waals surface area contributed by atoms with Gasteiger partial charge in [-0.05, 0) is 39.0 Å². The van der Waals surface area contributed by atoms with E-state index in [4.69, 9.17) is 4.74 Å². The fourth-order valence-electron chi connectivity index (χ4n) is 3.41. The Labute approximate surface area is 126 Å². The average molecular weight is 297 g/mol. The van der Waals surface area contributed by atoms with E-state index in [1.165, 1.54) is 17.7 Å². The highest BCUT2D eigenvalue weighted by atomic mass is 16.5. The Bertz CT molecular complexity index is 363. The summed E-state index contributed by atoms with van der Waals surface area (Å²) in [4.78, 5) is 25.3. The minimum atomic E-state index is -0.898. The number of nitrogens with zero attached hydrogens (tertiary/aromatic N) is 1. The van der Waals surface area contributed by atoms with Gasteiger partial charge >= 0.3 is 5.97 Å². The van der Waals surface area contributed by atoms with Crippen LogP contribution in [-0.4, -0.2) is 46.7 Å². The Balaban J connectivity index is 1.92. The first-order valence-electron chi connectivity index (χ1n) is 8.28. The van der Waals surface area contributed by atoms with Gasteiger partial charge in [-0.25, -0.2) is 4.79 Å². The molecule has 0 aromatic carbocycles. The first-order chi connectivity index (χ1) is 10.1. The van der Waals surface area contributed by atoms with Crippen LogP contribution in [-0.2, 0) is 14.3 Å². The predicted octanol–water partition coefficient (Wildman–Crippen LogP) is 2.58. The normalized spacial score (nSPS) is 26.1. The number of carbonyl (C=O) groups excluding carboxylic acids is 1. The summed E-state index contributed by atoms with van der Waals surface area (Å²) < 4.78 is 5.93. The van der Waals surface area contributed by atoms with Crippen molar-refractivity contribution >= 4 is 11.9 Å². The van der Waals surface area contributed by atoms with Gasteiger partial charge in [-0.2, -0.15) is 0 Å². The summed E-state index contributed by atoms with van der Waals surface area (Å²) >= 11 is 0. The van der Waals surface area contributed by atoms with E-state index in [9.17, 15) is 14.7 Å². The Hall–Kier alpha value is -1.10. The van der Waals surface area contributed by atoms with Gasteiger partial charge in [0.05, 0.1) is 6.10 Å². The number of carboxylic acids is 1. The van der Waals surface area contributed by atoms with Crippen molar-refractivity contribution in [3.05, 3.63) is 0 Å². The maximum Gasteiger partial charge on any atom is 0.326 e. The highest BCUT2D eigenvalue weighted by Crippen LogP contribution is 2.23. The summed E-state index contributed by atoms with van der Waals surface area (Å²) in [5, 5.41) is 9.26. The molecular formula is C16H27NO4. The number of aliphatic carboxylic acids is 1. The fourth-order valence-corrected chi connectivity index (χ4v) is 3.41. The van der Waals surface area contributed by atoms with E-state index < -0.39 is 18.1 Å². The molecule has 2 atom stereocenters. The van der Waals surface area contributed by atoms with E-state index in [-0.39, 0.29) is 12.0 Å². The van der Waals surface area contributed by atoms with Gasteiger partial charge in [-0.15, -0.1) is 0 Å². The van der Waals surface area contributed by atoms with E-state index in [0.717, 1.165) is 38.5 Å². The Kier molecular flexibility index (Phi) is 6.03. The molecule has 2 aliphatic rings. The quantitative estimate of drug-likeness (QED) is 0.810. The molecule has 0 unspecified atom stereocenters. The number of hydrogen-bond acceptors (Lipinski definition) is 3. The summed E-state index contributed by atoms with van der Waals surface area (Å²) in [5.41, 5.74) is 0. The van der Waals surface area contributed by atoms with Crippen LogP contribution in [0.1, 0.15) is 64.7 Å². The summed E-state index contributed by atoms with van der Waals surface area (Å²) in [7, 11) is 0. The molecule has 5 nitrogen and oxygen atoms in total. The van der Waals surface area contributed by atoms with Crippen LogP contribution in [0.15, 0.2) is 0 Å². The van der Waals surface area contributed by atoms with Gasteiger partial charge in [0, 0.05) is 6.54 Å². The lowest BCUT2D eigenvalue weighted by Crippen LogP contribution is -2.51. The highest BCUT2D eigenvalue weighted by molar-refractivity contribution is 5.86. The monoisotopic (exact) mass is 297 g/mol. The third-order valence-electron chi connectivity index (χ3n) is 4.62. The topological polar surface area (TPSA) is 66.8 Å². The van der Waals surface area contributed by atoms with Gasteiger partial charge in [0.15, 0.2) is 0 Å². The SMILES string of the molecule is C[C@H](OC1CCCCCC1)C(=O)N1CCCC[C@@H]1C(=O)O. The average Bonchev–Trinajstić information content (AvgIpc) is 2.75. The van der Waals surface area contributed by atoms with Crippen LogP contribution < -0.4 is 0 Å². The Morgan fingerprint density at radius 3 is 2.29 bits per heavy atom. The first-order valence-corrected chi connectivity index (χ1v) is 8.28. The number of rotatable bonds is 4. The second kappa shape index (κ2) is 7.78. The number of amides is 1. The molecule has 0 radical (unpaired) electrons. The molecule has 1 N–H and O–H groups in total. The summed E-state index contributed by atoms with van der Waals surface area (Å²) in [6, 6.07) is -0.675. The standard InChI is InChI=1S/C16H27NO4/c1-12(21-13-8-4-2-3-5-9-13)15(18)17-11-7-6-10-14(17)16(19)20/h12-14H,2-11H2,1H3,(H,19,20)/t12-,14+/m0/s1. The molecule has 0 aromatic heterocycles. The van der Waals surface area contributed by atoms with Gasteiger partial charge in [0.25, 0.3) is 5.91 Å². The second-order valence-electron chi connectivity index (χ2n) is 6.27. The molecule has 1 amide bonds.